The van der Waals surface area contributed by atoms with Gasteiger partial charge < -0.3 is 5.11 Å². The summed E-state index contributed by atoms with van der Waals surface area (Å²) in [6.07, 6.45) is 2.65. The van der Waals surface area contributed by atoms with Crippen LogP contribution in [-0.4, -0.2) is 11.1 Å². The molecular weight excluding hydrogens is 200 g/mol. The van der Waals surface area contributed by atoms with E-state index < -0.39 is 5.97 Å². The lowest BCUT2D eigenvalue weighted by Gasteiger charge is -2.40. The van der Waals surface area contributed by atoms with Gasteiger partial charge in [-0.15, -0.1) is 0 Å². The van der Waals surface area contributed by atoms with Crippen LogP contribution in [0.25, 0.3) is 0 Å². The molecule has 0 spiro atoms. The summed E-state index contributed by atoms with van der Waals surface area (Å²) in [5.41, 5.74) is 1.89. The Morgan fingerprint density at radius 1 is 1.50 bits per heavy atom. The van der Waals surface area contributed by atoms with Crippen molar-refractivity contribution in [1.29, 1.82) is 0 Å². The number of carboxylic acids is 1. The Morgan fingerprint density at radius 3 is 2.50 bits per heavy atom. The second kappa shape index (κ2) is 4.60. The van der Waals surface area contributed by atoms with Crippen LogP contribution in [0.15, 0.2) is 11.1 Å². The average molecular weight is 224 g/mol. The second-order valence-corrected chi connectivity index (χ2v) is 6.02. The molecule has 1 aliphatic rings. The van der Waals surface area contributed by atoms with E-state index in [2.05, 4.69) is 34.6 Å². The summed E-state index contributed by atoms with van der Waals surface area (Å²) in [6, 6.07) is 0. The largest absolute Gasteiger partial charge is 0.478 e. The zero-order valence-electron chi connectivity index (χ0n) is 11.1. The van der Waals surface area contributed by atoms with E-state index in [1.165, 1.54) is 5.57 Å². The summed E-state index contributed by atoms with van der Waals surface area (Å²) in [7, 11) is 0. The molecule has 1 rings (SSSR count). The van der Waals surface area contributed by atoms with Gasteiger partial charge in [-0.25, -0.2) is 4.79 Å². The van der Waals surface area contributed by atoms with Crippen molar-refractivity contribution in [2.45, 2.75) is 53.9 Å². The molecule has 0 aromatic heterocycles. The lowest BCUT2D eigenvalue weighted by atomic mass is 9.64. The molecule has 16 heavy (non-hydrogen) atoms. The molecule has 0 fully saturated rings. The van der Waals surface area contributed by atoms with Gasteiger partial charge >= 0.3 is 5.97 Å². The van der Waals surface area contributed by atoms with Gasteiger partial charge in [0.25, 0.3) is 0 Å². The first-order chi connectivity index (χ1) is 7.26. The third kappa shape index (κ3) is 2.47. The van der Waals surface area contributed by atoms with Crippen LogP contribution in [0, 0.1) is 17.3 Å². The number of carboxylic acid groups (broad SMARTS) is 1. The van der Waals surface area contributed by atoms with Gasteiger partial charge in [-0.3, -0.25) is 0 Å². The van der Waals surface area contributed by atoms with Gasteiger partial charge in [-0.05, 0) is 36.5 Å². The van der Waals surface area contributed by atoms with Crippen LogP contribution >= 0.6 is 0 Å². The van der Waals surface area contributed by atoms with Crippen LogP contribution in [-0.2, 0) is 4.79 Å². The summed E-state index contributed by atoms with van der Waals surface area (Å²) in [4.78, 5) is 11.3. The molecule has 0 saturated carbocycles. The Hall–Kier alpha value is -0.790. The normalized spacial score (nSPS) is 25.0. The standard InChI is InChI=1S/C14H24O2/c1-9(2)8-12-11(13(15)16)7-6-10(3)14(12,4)5/h9-10H,6-8H2,1-5H3,(H,15,16). The molecule has 0 aromatic carbocycles. The van der Waals surface area contributed by atoms with Crippen molar-refractivity contribution in [1.82, 2.24) is 0 Å². The minimum absolute atomic E-state index is 0.0379. The predicted molar refractivity (Wildman–Crippen MR) is 66.3 cm³/mol. The molecule has 92 valence electrons. The molecule has 0 amide bonds. The van der Waals surface area contributed by atoms with Crippen molar-refractivity contribution in [3.63, 3.8) is 0 Å². The lowest BCUT2D eigenvalue weighted by Crippen LogP contribution is -2.31. The molecule has 2 heteroatoms. The Kier molecular flexibility index (Phi) is 3.82. The van der Waals surface area contributed by atoms with E-state index >= 15 is 0 Å². The molecule has 0 saturated heterocycles. The fourth-order valence-electron chi connectivity index (χ4n) is 2.59. The SMILES string of the molecule is CC(C)CC1=C(C(=O)O)CCC(C)C1(C)C. The maximum absolute atomic E-state index is 11.3. The van der Waals surface area contributed by atoms with Gasteiger partial charge in [0.05, 0.1) is 0 Å². The molecule has 1 aliphatic carbocycles. The molecule has 0 aromatic rings. The average Bonchev–Trinajstić information content (AvgIpc) is 2.12. The van der Waals surface area contributed by atoms with Crippen molar-refractivity contribution in [2.75, 3.05) is 0 Å². The zero-order chi connectivity index (χ0) is 12.5. The van der Waals surface area contributed by atoms with Crippen molar-refractivity contribution < 1.29 is 9.90 Å². The molecule has 0 radical (unpaired) electrons. The predicted octanol–water partition coefficient (Wildman–Crippen LogP) is 3.87. The van der Waals surface area contributed by atoms with Crippen LogP contribution in [0.2, 0.25) is 0 Å². The van der Waals surface area contributed by atoms with E-state index in [4.69, 9.17) is 0 Å². The van der Waals surface area contributed by atoms with Gasteiger partial charge in [0.1, 0.15) is 0 Å². The molecule has 1 unspecified atom stereocenters. The van der Waals surface area contributed by atoms with Crippen molar-refractivity contribution in [3.05, 3.63) is 11.1 Å². The van der Waals surface area contributed by atoms with Crippen LogP contribution in [0.4, 0.5) is 0 Å². The van der Waals surface area contributed by atoms with E-state index in [9.17, 15) is 9.90 Å². The first kappa shape index (κ1) is 13.3. The maximum atomic E-state index is 11.3. The fourth-order valence-corrected chi connectivity index (χ4v) is 2.59. The first-order valence-corrected chi connectivity index (χ1v) is 6.22. The van der Waals surface area contributed by atoms with E-state index in [0.29, 0.717) is 17.4 Å². The highest BCUT2D eigenvalue weighted by molar-refractivity contribution is 5.88. The minimum atomic E-state index is -0.712. The van der Waals surface area contributed by atoms with Crippen LogP contribution in [0.1, 0.15) is 53.9 Å². The van der Waals surface area contributed by atoms with Gasteiger partial charge in [0.15, 0.2) is 0 Å². The molecule has 2 nitrogen and oxygen atoms in total. The Labute approximate surface area is 98.7 Å². The van der Waals surface area contributed by atoms with Crippen molar-refractivity contribution in [2.24, 2.45) is 17.3 Å². The molecule has 0 heterocycles. The highest BCUT2D eigenvalue weighted by atomic mass is 16.4. The van der Waals surface area contributed by atoms with Crippen LogP contribution in [0.3, 0.4) is 0 Å². The maximum Gasteiger partial charge on any atom is 0.331 e. The summed E-state index contributed by atoms with van der Waals surface area (Å²) in [6.45, 7) is 10.9. The summed E-state index contributed by atoms with van der Waals surface area (Å²) in [5, 5.41) is 9.28. The number of aliphatic carboxylic acids is 1. The van der Waals surface area contributed by atoms with Gasteiger partial charge in [-0.2, -0.15) is 0 Å². The number of carbonyl (C=O) groups is 1. The van der Waals surface area contributed by atoms with Crippen LogP contribution in [0.5, 0.6) is 0 Å². The van der Waals surface area contributed by atoms with Gasteiger partial charge in [-0.1, -0.05) is 40.2 Å². The Balaban J connectivity index is 3.17. The smallest absolute Gasteiger partial charge is 0.331 e. The minimum Gasteiger partial charge on any atom is -0.478 e. The van der Waals surface area contributed by atoms with Crippen molar-refractivity contribution >= 4 is 5.97 Å². The molecule has 1 atom stereocenters. The topological polar surface area (TPSA) is 37.3 Å². The van der Waals surface area contributed by atoms with Gasteiger partial charge in [0.2, 0.25) is 0 Å². The monoisotopic (exact) mass is 224 g/mol. The first-order valence-electron chi connectivity index (χ1n) is 6.22. The molecule has 0 bridgehead atoms. The fraction of sp³-hybridized carbons (Fsp3) is 0.786. The molecule has 0 aliphatic heterocycles. The van der Waals surface area contributed by atoms with E-state index in [-0.39, 0.29) is 5.41 Å². The summed E-state index contributed by atoms with van der Waals surface area (Å²) < 4.78 is 0. The quantitative estimate of drug-likeness (QED) is 0.790. The van der Waals surface area contributed by atoms with Crippen molar-refractivity contribution in [3.8, 4) is 0 Å². The van der Waals surface area contributed by atoms with E-state index in [1.54, 1.807) is 0 Å². The molecular formula is C14H24O2. The zero-order valence-corrected chi connectivity index (χ0v) is 11.1. The Bertz CT molecular complexity index is 311. The highest BCUT2D eigenvalue weighted by Gasteiger charge is 2.37. The van der Waals surface area contributed by atoms with E-state index in [0.717, 1.165) is 19.3 Å². The number of hydrogen-bond donors (Lipinski definition) is 1. The Morgan fingerprint density at radius 2 is 2.06 bits per heavy atom. The number of hydrogen-bond acceptors (Lipinski definition) is 1. The number of allylic oxidation sites excluding steroid dienone is 1. The third-order valence-corrected chi connectivity index (χ3v) is 4.07. The second-order valence-electron chi connectivity index (χ2n) is 6.02. The molecule has 1 N–H and O–H groups in total. The van der Waals surface area contributed by atoms with E-state index in [1.807, 2.05) is 0 Å². The third-order valence-electron chi connectivity index (χ3n) is 4.07. The summed E-state index contributed by atoms with van der Waals surface area (Å²) in [5.74, 6) is 0.383. The highest BCUT2D eigenvalue weighted by Crippen LogP contribution is 2.46. The van der Waals surface area contributed by atoms with Gasteiger partial charge in [0, 0.05) is 5.57 Å². The summed E-state index contributed by atoms with van der Waals surface area (Å²) >= 11 is 0. The number of rotatable bonds is 3. The lowest BCUT2D eigenvalue weighted by molar-refractivity contribution is -0.133. The van der Waals surface area contributed by atoms with Crippen LogP contribution < -0.4 is 0 Å².